The predicted octanol–water partition coefficient (Wildman–Crippen LogP) is 3.36. The number of nitrogens with zero attached hydrogens (tertiary/aromatic N) is 1. The third-order valence-electron chi connectivity index (χ3n) is 3.82. The van der Waals surface area contributed by atoms with E-state index >= 15 is 0 Å². The summed E-state index contributed by atoms with van der Waals surface area (Å²) in [5.74, 6) is -0.702. The summed E-state index contributed by atoms with van der Waals surface area (Å²) < 4.78 is 37.3. The zero-order valence-corrected chi connectivity index (χ0v) is 13.0. The first kappa shape index (κ1) is 16.6. The van der Waals surface area contributed by atoms with E-state index < -0.39 is 18.6 Å². The summed E-state index contributed by atoms with van der Waals surface area (Å²) >= 11 is 6.16. The van der Waals surface area contributed by atoms with Crippen molar-refractivity contribution in [3.8, 4) is 0 Å². The first-order valence-corrected chi connectivity index (χ1v) is 7.50. The van der Waals surface area contributed by atoms with Crippen LogP contribution in [0.2, 0.25) is 5.02 Å². The van der Waals surface area contributed by atoms with Crippen LogP contribution in [0, 0.1) is 0 Å². The van der Waals surface area contributed by atoms with Crippen molar-refractivity contribution in [2.45, 2.75) is 12.6 Å². The number of carbonyl (C=O) groups is 1. The highest BCUT2D eigenvalue weighted by Gasteiger charge is 2.33. The molecule has 1 amide bonds. The Labute approximate surface area is 139 Å². The highest BCUT2D eigenvalue weighted by molar-refractivity contribution is 6.35. The van der Waals surface area contributed by atoms with Crippen molar-refractivity contribution in [2.75, 3.05) is 13.1 Å². The molecule has 24 heavy (non-hydrogen) atoms. The van der Waals surface area contributed by atoms with Crippen LogP contribution in [0.1, 0.15) is 12.0 Å². The fourth-order valence-corrected chi connectivity index (χ4v) is 2.98. The fraction of sp³-hybridized carbons (Fsp3) is 0.250. The molecule has 8 heteroatoms. The van der Waals surface area contributed by atoms with Crippen LogP contribution in [-0.4, -0.2) is 35.1 Å². The van der Waals surface area contributed by atoms with Crippen LogP contribution < -0.4 is 5.43 Å². The second-order valence-corrected chi connectivity index (χ2v) is 5.92. The van der Waals surface area contributed by atoms with Gasteiger partial charge in [-0.1, -0.05) is 11.6 Å². The van der Waals surface area contributed by atoms with E-state index in [4.69, 9.17) is 11.6 Å². The average molecular weight is 357 g/mol. The van der Waals surface area contributed by atoms with Crippen LogP contribution in [0.5, 0.6) is 0 Å². The van der Waals surface area contributed by atoms with Crippen molar-refractivity contribution in [3.63, 3.8) is 0 Å². The maximum absolute atomic E-state index is 12.4. The largest absolute Gasteiger partial charge is 0.406 e. The summed E-state index contributed by atoms with van der Waals surface area (Å²) in [5, 5.41) is 0.678. The van der Waals surface area contributed by atoms with Crippen LogP contribution in [-0.2, 0) is 4.79 Å². The summed E-state index contributed by atoms with van der Waals surface area (Å²) in [7, 11) is 0. The number of pyridine rings is 1. The van der Waals surface area contributed by atoms with Crippen LogP contribution in [0.3, 0.4) is 0 Å². The molecule has 1 aliphatic heterocycles. The monoisotopic (exact) mass is 356 g/mol. The second-order valence-electron chi connectivity index (χ2n) is 5.52. The van der Waals surface area contributed by atoms with Gasteiger partial charge in [-0.15, -0.1) is 0 Å². The molecule has 0 unspecified atom stereocenters. The van der Waals surface area contributed by atoms with E-state index in [9.17, 15) is 22.8 Å². The molecular weight excluding hydrogens is 345 g/mol. The van der Waals surface area contributed by atoms with E-state index in [2.05, 4.69) is 4.98 Å². The van der Waals surface area contributed by atoms with Gasteiger partial charge in [0.05, 0.1) is 10.5 Å². The normalized spacial score (nSPS) is 15.8. The van der Waals surface area contributed by atoms with Crippen molar-refractivity contribution < 1.29 is 18.0 Å². The molecule has 0 aliphatic carbocycles. The molecule has 0 saturated heterocycles. The number of aromatic amines is 1. The maximum atomic E-state index is 12.4. The summed E-state index contributed by atoms with van der Waals surface area (Å²) in [6, 6.07) is 4.55. The van der Waals surface area contributed by atoms with Crippen molar-refractivity contribution >= 4 is 34.0 Å². The number of fused-ring (bicyclic) bond motifs is 1. The molecule has 1 aromatic heterocycles. The van der Waals surface area contributed by atoms with Gasteiger partial charge in [0.25, 0.3) is 0 Å². The van der Waals surface area contributed by atoms with Gasteiger partial charge >= 0.3 is 6.18 Å². The number of hydrogen-bond acceptors (Lipinski definition) is 2. The molecule has 1 aliphatic rings. The molecule has 1 N–H and O–H groups in total. The minimum atomic E-state index is -4.43. The average Bonchev–Trinajstić information content (AvgIpc) is 2.49. The van der Waals surface area contributed by atoms with Gasteiger partial charge in [0.15, 0.2) is 5.43 Å². The zero-order valence-electron chi connectivity index (χ0n) is 12.3. The summed E-state index contributed by atoms with van der Waals surface area (Å²) in [6.07, 6.45) is -1.52. The van der Waals surface area contributed by atoms with E-state index in [-0.39, 0.29) is 18.4 Å². The Bertz CT molecular complexity index is 902. The molecular formula is C16H12ClF3N2O2. The van der Waals surface area contributed by atoms with Gasteiger partial charge in [0, 0.05) is 30.3 Å². The molecule has 4 nitrogen and oxygen atoms in total. The smallest absolute Gasteiger partial charge is 0.360 e. The van der Waals surface area contributed by atoms with Crippen LogP contribution in [0.15, 0.2) is 35.3 Å². The van der Waals surface area contributed by atoms with E-state index in [0.29, 0.717) is 27.1 Å². The lowest BCUT2D eigenvalue weighted by Gasteiger charge is -2.27. The number of benzene rings is 1. The molecule has 3 rings (SSSR count). The highest BCUT2D eigenvalue weighted by Crippen LogP contribution is 2.30. The highest BCUT2D eigenvalue weighted by atomic mass is 35.5. The maximum Gasteiger partial charge on any atom is 0.406 e. The number of rotatable bonds is 2. The predicted molar refractivity (Wildman–Crippen MR) is 84.8 cm³/mol. The molecule has 0 fully saturated rings. The minimum Gasteiger partial charge on any atom is -0.360 e. The third-order valence-corrected chi connectivity index (χ3v) is 4.12. The lowest BCUT2D eigenvalue weighted by atomic mass is 9.97. The number of alkyl halides is 3. The van der Waals surface area contributed by atoms with Gasteiger partial charge in [0.2, 0.25) is 5.91 Å². The van der Waals surface area contributed by atoms with Crippen molar-refractivity contribution in [1.82, 2.24) is 9.88 Å². The van der Waals surface area contributed by atoms with Crippen LogP contribution >= 0.6 is 11.6 Å². The van der Waals surface area contributed by atoms with Gasteiger partial charge in [-0.3, -0.25) is 9.59 Å². The van der Waals surface area contributed by atoms with Gasteiger partial charge < -0.3 is 9.88 Å². The van der Waals surface area contributed by atoms with Crippen LogP contribution in [0.25, 0.3) is 16.5 Å². The van der Waals surface area contributed by atoms with Crippen molar-refractivity contribution in [1.29, 1.82) is 0 Å². The van der Waals surface area contributed by atoms with Gasteiger partial charge in [-0.25, -0.2) is 0 Å². The third kappa shape index (κ3) is 3.31. The Morgan fingerprint density at radius 2 is 2.00 bits per heavy atom. The number of amides is 1. The number of nitrogens with one attached hydrogen (secondary N) is 1. The standard InChI is InChI=1S/C16H12ClF3N2O2/c17-12-6-10(5-11-13(23)1-3-21-15(11)12)9-2-4-22(14(24)7-9)8-16(18,19)20/h1,3,5-7H,2,4,8H2,(H,21,23). The quantitative estimate of drug-likeness (QED) is 0.897. The summed E-state index contributed by atoms with van der Waals surface area (Å²) in [5.41, 5.74) is 1.37. The first-order valence-electron chi connectivity index (χ1n) is 7.12. The van der Waals surface area contributed by atoms with Gasteiger partial charge in [0.1, 0.15) is 6.54 Å². The number of H-pyrrole nitrogens is 1. The zero-order chi connectivity index (χ0) is 17.5. The molecule has 2 heterocycles. The lowest BCUT2D eigenvalue weighted by molar-refractivity contribution is -0.158. The van der Waals surface area contributed by atoms with Crippen molar-refractivity contribution in [3.05, 3.63) is 51.3 Å². The van der Waals surface area contributed by atoms with E-state index in [1.165, 1.54) is 18.3 Å². The second kappa shape index (κ2) is 5.98. The number of carbonyl (C=O) groups excluding carboxylic acids is 1. The van der Waals surface area contributed by atoms with E-state index in [0.717, 1.165) is 4.90 Å². The molecule has 0 saturated carbocycles. The van der Waals surface area contributed by atoms with Crippen LogP contribution in [0.4, 0.5) is 13.2 Å². The Kier molecular flexibility index (Phi) is 4.13. The number of aromatic nitrogens is 1. The number of hydrogen-bond donors (Lipinski definition) is 1. The fourth-order valence-electron chi connectivity index (χ4n) is 2.70. The lowest BCUT2D eigenvalue weighted by Crippen LogP contribution is -2.40. The molecule has 126 valence electrons. The molecule has 2 aromatic rings. The molecule has 0 radical (unpaired) electrons. The van der Waals surface area contributed by atoms with Crippen molar-refractivity contribution in [2.24, 2.45) is 0 Å². The summed E-state index contributed by atoms with van der Waals surface area (Å²) in [6.45, 7) is -1.31. The van der Waals surface area contributed by atoms with E-state index in [1.54, 1.807) is 12.1 Å². The molecule has 1 aromatic carbocycles. The SMILES string of the molecule is O=C1C=C(c2cc(Cl)c3[nH]ccc(=O)c3c2)CCN1CC(F)(F)F. The number of halogens is 4. The Balaban J connectivity index is 1.97. The Morgan fingerprint density at radius 3 is 2.67 bits per heavy atom. The first-order chi connectivity index (χ1) is 11.2. The Hall–Kier alpha value is -2.28. The molecule has 0 spiro atoms. The molecule has 0 atom stereocenters. The van der Waals surface area contributed by atoms with E-state index in [1.807, 2.05) is 0 Å². The minimum absolute atomic E-state index is 0.0367. The van der Waals surface area contributed by atoms with Gasteiger partial charge in [-0.2, -0.15) is 13.2 Å². The van der Waals surface area contributed by atoms with Gasteiger partial charge in [-0.05, 0) is 29.7 Å². The topological polar surface area (TPSA) is 53.2 Å². The Morgan fingerprint density at radius 1 is 1.25 bits per heavy atom. The summed E-state index contributed by atoms with van der Waals surface area (Å²) in [4.78, 5) is 27.5. The molecule has 0 bridgehead atoms.